The van der Waals surface area contributed by atoms with E-state index in [-0.39, 0.29) is 0 Å². The van der Waals surface area contributed by atoms with Crippen LogP contribution in [0.15, 0.2) is 11.2 Å². The molecule has 0 saturated heterocycles. The average Bonchev–Trinajstić information content (AvgIpc) is 2.33. The van der Waals surface area contributed by atoms with Crippen molar-refractivity contribution in [3.8, 4) is 0 Å². The third-order valence-corrected chi connectivity index (χ3v) is 3.33. The van der Waals surface area contributed by atoms with Crippen LogP contribution in [-0.2, 0) is 0 Å². The van der Waals surface area contributed by atoms with Crippen molar-refractivity contribution < 1.29 is 0 Å². The molecule has 0 atom stereocenters. The molecule has 0 aliphatic rings. The maximum Gasteiger partial charge on any atom is 0.191 e. The molecule has 0 aliphatic carbocycles. The van der Waals surface area contributed by atoms with Gasteiger partial charge in [0.25, 0.3) is 0 Å². The number of thioether (sulfide) groups is 1. The SMILES string of the molecule is CSc1nc(N)cc(NCCCN(C)C(C)C)n1. The van der Waals surface area contributed by atoms with Gasteiger partial charge in [-0.15, -0.1) is 0 Å². The van der Waals surface area contributed by atoms with Crippen molar-refractivity contribution in [2.24, 2.45) is 0 Å². The second kappa shape index (κ2) is 7.43. The average molecular weight is 269 g/mol. The van der Waals surface area contributed by atoms with Crippen LogP contribution in [-0.4, -0.2) is 47.3 Å². The van der Waals surface area contributed by atoms with Gasteiger partial charge in [0.15, 0.2) is 5.16 Å². The molecule has 6 heteroatoms. The number of nitrogens with zero attached hydrogens (tertiary/aromatic N) is 3. The zero-order valence-corrected chi connectivity index (χ0v) is 12.4. The van der Waals surface area contributed by atoms with Crippen LogP contribution in [0.2, 0.25) is 0 Å². The van der Waals surface area contributed by atoms with Crippen LogP contribution in [0, 0.1) is 0 Å². The summed E-state index contributed by atoms with van der Waals surface area (Å²) in [6, 6.07) is 2.36. The molecule has 0 unspecified atom stereocenters. The number of nitrogen functional groups attached to an aromatic ring is 1. The van der Waals surface area contributed by atoms with Gasteiger partial charge in [0.1, 0.15) is 11.6 Å². The zero-order chi connectivity index (χ0) is 13.5. The Morgan fingerprint density at radius 1 is 1.44 bits per heavy atom. The van der Waals surface area contributed by atoms with Crippen LogP contribution in [0.1, 0.15) is 20.3 Å². The minimum Gasteiger partial charge on any atom is -0.383 e. The third-order valence-electron chi connectivity index (χ3n) is 2.78. The van der Waals surface area contributed by atoms with Gasteiger partial charge >= 0.3 is 0 Å². The van der Waals surface area contributed by atoms with Crippen molar-refractivity contribution in [1.29, 1.82) is 0 Å². The van der Waals surface area contributed by atoms with Gasteiger partial charge in [-0.05, 0) is 40.1 Å². The van der Waals surface area contributed by atoms with Gasteiger partial charge < -0.3 is 16.0 Å². The molecule has 0 bridgehead atoms. The number of anilines is 2. The third kappa shape index (κ3) is 5.10. The molecular formula is C12H23N5S. The van der Waals surface area contributed by atoms with E-state index in [1.165, 1.54) is 11.8 Å². The number of aromatic nitrogens is 2. The van der Waals surface area contributed by atoms with Crippen molar-refractivity contribution in [1.82, 2.24) is 14.9 Å². The lowest BCUT2D eigenvalue weighted by Gasteiger charge is -2.20. The Morgan fingerprint density at radius 3 is 2.78 bits per heavy atom. The Balaban J connectivity index is 2.37. The van der Waals surface area contributed by atoms with E-state index in [4.69, 9.17) is 5.73 Å². The standard InChI is InChI=1S/C12H23N5S/c1-9(2)17(3)7-5-6-14-11-8-10(13)15-12(16-11)18-4/h8-9H,5-7H2,1-4H3,(H3,13,14,15,16). The lowest BCUT2D eigenvalue weighted by atomic mass is 10.3. The van der Waals surface area contributed by atoms with Crippen LogP contribution in [0.5, 0.6) is 0 Å². The number of hydrogen-bond donors (Lipinski definition) is 2. The zero-order valence-electron chi connectivity index (χ0n) is 11.6. The van der Waals surface area contributed by atoms with Crippen LogP contribution >= 0.6 is 11.8 Å². The molecule has 0 fully saturated rings. The molecule has 3 N–H and O–H groups in total. The van der Waals surface area contributed by atoms with Crippen molar-refractivity contribution in [2.45, 2.75) is 31.5 Å². The van der Waals surface area contributed by atoms with Crippen molar-refractivity contribution in [2.75, 3.05) is 37.4 Å². The largest absolute Gasteiger partial charge is 0.383 e. The lowest BCUT2D eigenvalue weighted by molar-refractivity contribution is 0.273. The fraction of sp³-hybridized carbons (Fsp3) is 0.667. The molecule has 1 rings (SSSR count). The van der Waals surface area contributed by atoms with E-state index in [0.717, 1.165) is 25.3 Å². The quantitative estimate of drug-likeness (QED) is 0.448. The van der Waals surface area contributed by atoms with Gasteiger partial charge in [0.05, 0.1) is 0 Å². The summed E-state index contributed by atoms with van der Waals surface area (Å²) in [6.45, 7) is 6.36. The van der Waals surface area contributed by atoms with E-state index in [9.17, 15) is 0 Å². The molecule has 0 aromatic carbocycles. The highest BCUT2D eigenvalue weighted by Gasteiger charge is 2.03. The van der Waals surface area contributed by atoms with E-state index in [0.29, 0.717) is 17.0 Å². The van der Waals surface area contributed by atoms with Crippen molar-refractivity contribution >= 4 is 23.4 Å². The predicted molar refractivity (Wildman–Crippen MR) is 79.1 cm³/mol. The van der Waals surface area contributed by atoms with Crippen LogP contribution in [0.25, 0.3) is 0 Å². The van der Waals surface area contributed by atoms with Gasteiger partial charge in [0.2, 0.25) is 0 Å². The molecule has 5 nitrogen and oxygen atoms in total. The first kappa shape index (κ1) is 15.0. The Bertz CT molecular complexity index is 369. The Morgan fingerprint density at radius 2 is 2.17 bits per heavy atom. The summed E-state index contributed by atoms with van der Waals surface area (Å²) in [5.41, 5.74) is 5.71. The summed E-state index contributed by atoms with van der Waals surface area (Å²) in [5.74, 6) is 1.31. The highest BCUT2D eigenvalue weighted by atomic mass is 32.2. The molecule has 18 heavy (non-hydrogen) atoms. The molecule has 0 saturated carbocycles. The van der Waals surface area contributed by atoms with E-state index in [2.05, 4.69) is 41.1 Å². The van der Waals surface area contributed by atoms with Crippen molar-refractivity contribution in [3.63, 3.8) is 0 Å². The van der Waals surface area contributed by atoms with E-state index >= 15 is 0 Å². The molecule has 1 aromatic heterocycles. The van der Waals surface area contributed by atoms with E-state index in [1.54, 1.807) is 6.07 Å². The molecule has 102 valence electrons. The summed E-state index contributed by atoms with van der Waals surface area (Å²) in [6.07, 6.45) is 3.02. The first-order chi connectivity index (χ1) is 8.52. The Hall–Kier alpha value is -1.01. The minimum atomic E-state index is 0.510. The Kier molecular flexibility index (Phi) is 6.21. The molecule has 0 spiro atoms. The second-order valence-corrected chi connectivity index (χ2v) is 5.29. The van der Waals surface area contributed by atoms with Crippen LogP contribution in [0.4, 0.5) is 11.6 Å². The van der Waals surface area contributed by atoms with Gasteiger partial charge in [-0.25, -0.2) is 9.97 Å². The van der Waals surface area contributed by atoms with Gasteiger partial charge in [-0.1, -0.05) is 11.8 Å². The molecule has 0 amide bonds. The molecule has 0 aliphatic heterocycles. The predicted octanol–water partition coefficient (Wildman–Crippen LogP) is 1.92. The highest BCUT2D eigenvalue weighted by molar-refractivity contribution is 7.98. The number of nitrogens with one attached hydrogen (secondary N) is 1. The summed E-state index contributed by atoms with van der Waals surface area (Å²) in [7, 11) is 2.14. The van der Waals surface area contributed by atoms with E-state index in [1.807, 2.05) is 6.26 Å². The fourth-order valence-corrected chi connectivity index (χ4v) is 1.81. The second-order valence-electron chi connectivity index (χ2n) is 4.52. The minimum absolute atomic E-state index is 0.510. The summed E-state index contributed by atoms with van der Waals surface area (Å²) in [4.78, 5) is 10.8. The van der Waals surface area contributed by atoms with Crippen LogP contribution < -0.4 is 11.1 Å². The summed E-state index contributed by atoms with van der Waals surface area (Å²) >= 11 is 1.49. The maximum atomic E-state index is 5.71. The fourth-order valence-electron chi connectivity index (χ4n) is 1.43. The monoisotopic (exact) mass is 269 g/mol. The number of rotatable bonds is 7. The lowest BCUT2D eigenvalue weighted by Crippen LogP contribution is -2.28. The molecular weight excluding hydrogens is 246 g/mol. The van der Waals surface area contributed by atoms with Crippen molar-refractivity contribution in [3.05, 3.63) is 6.07 Å². The summed E-state index contributed by atoms with van der Waals surface area (Å²) < 4.78 is 0. The summed E-state index contributed by atoms with van der Waals surface area (Å²) in [5, 5.41) is 3.99. The van der Waals surface area contributed by atoms with Gasteiger partial charge in [0, 0.05) is 18.7 Å². The van der Waals surface area contributed by atoms with Gasteiger partial charge in [-0.2, -0.15) is 0 Å². The highest BCUT2D eigenvalue weighted by Crippen LogP contribution is 2.14. The van der Waals surface area contributed by atoms with Gasteiger partial charge in [-0.3, -0.25) is 0 Å². The normalized spacial score (nSPS) is 11.2. The van der Waals surface area contributed by atoms with Crippen LogP contribution in [0.3, 0.4) is 0 Å². The maximum absolute atomic E-state index is 5.71. The first-order valence-corrected chi connectivity index (χ1v) is 7.38. The number of nitrogens with two attached hydrogens (primary N) is 1. The molecule has 1 aromatic rings. The topological polar surface area (TPSA) is 67.1 Å². The smallest absolute Gasteiger partial charge is 0.191 e. The molecule has 0 radical (unpaired) electrons. The van der Waals surface area contributed by atoms with E-state index < -0.39 is 0 Å². The Labute approximate surface area is 114 Å². The molecule has 1 heterocycles. The first-order valence-electron chi connectivity index (χ1n) is 6.15. The number of hydrogen-bond acceptors (Lipinski definition) is 6.